The molecular weight excluding hydrogens is 240 g/mol. The van der Waals surface area contributed by atoms with E-state index in [0.29, 0.717) is 11.8 Å². The quantitative estimate of drug-likeness (QED) is 0.714. The molecule has 2 rings (SSSR count). The number of hydrogen-bond acceptors (Lipinski definition) is 4. The van der Waals surface area contributed by atoms with Gasteiger partial charge in [0.1, 0.15) is 9.84 Å². The van der Waals surface area contributed by atoms with Crippen LogP contribution in [0.1, 0.15) is 19.3 Å². The number of carbonyl (C=O) groups is 1. The molecule has 2 aliphatic rings. The first kappa shape index (κ1) is 12.8. The average molecular weight is 260 g/mol. The van der Waals surface area contributed by atoms with Crippen LogP contribution in [0, 0.1) is 17.8 Å². The van der Waals surface area contributed by atoms with Gasteiger partial charge in [0.05, 0.1) is 11.7 Å². The third-order valence-electron chi connectivity index (χ3n) is 4.06. The van der Waals surface area contributed by atoms with Gasteiger partial charge in [-0.3, -0.25) is 4.79 Å². The second kappa shape index (κ2) is 4.57. The number of sulfone groups is 1. The Balaban J connectivity index is 1.85. The number of nitrogens with two attached hydrogens (primary N) is 1. The first-order valence-electron chi connectivity index (χ1n) is 6.09. The van der Waals surface area contributed by atoms with Crippen molar-refractivity contribution in [2.75, 3.05) is 18.6 Å². The lowest BCUT2D eigenvalue weighted by Crippen LogP contribution is -2.46. The fourth-order valence-corrected chi connectivity index (χ4v) is 3.68. The van der Waals surface area contributed by atoms with Gasteiger partial charge in [-0.25, -0.2) is 8.42 Å². The lowest BCUT2D eigenvalue weighted by molar-refractivity contribution is -0.126. The van der Waals surface area contributed by atoms with Crippen LogP contribution in [0.25, 0.3) is 0 Å². The molecule has 98 valence electrons. The molecule has 6 heteroatoms. The Morgan fingerprint density at radius 1 is 1.35 bits per heavy atom. The largest absolute Gasteiger partial charge is 0.355 e. The molecule has 3 N–H and O–H groups in total. The van der Waals surface area contributed by atoms with E-state index in [4.69, 9.17) is 5.73 Å². The molecule has 2 aliphatic carbocycles. The summed E-state index contributed by atoms with van der Waals surface area (Å²) in [4.78, 5) is 11.9. The Hall–Kier alpha value is -0.620. The highest BCUT2D eigenvalue weighted by atomic mass is 32.2. The van der Waals surface area contributed by atoms with Gasteiger partial charge < -0.3 is 11.1 Å². The standard InChI is InChI=1S/C11H20N2O3S/c1-17(15,16)5-4-13-11(14)9-7-2-3-8(6-7)10(9)12/h7-10H,2-6,12H2,1H3,(H,13,14). The lowest BCUT2D eigenvalue weighted by atomic mass is 9.84. The summed E-state index contributed by atoms with van der Waals surface area (Å²) in [5.74, 6) is 0.731. The van der Waals surface area contributed by atoms with E-state index in [1.807, 2.05) is 0 Å². The predicted molar refractivity (Wildman–Crippen MR) is 65.0 cm³/mol. The van der Waals surface area contributed by atoms with Crippen molar-refractivity contribution < 1.29 is 13.2 Å². The average Bonchev–Trinajstić information content (AvgIpc) is 2.75. The number of hydrogen-bond donors (Lipinski definition) is 2. The number of amides is 1. The molecule has 4 atom stereocenters. The molecule has 0 radical (unpaired) electrons. The number of rotatable bonds is 4. The normalized spacial score (nSPS) is 36.1. The highest BCUT2D eigenvalue weighted by Crippen LogP contribution is 2.47. The van der Waals surface area contributed by atoms with Gasteiger partial charge in [-0.2, -0.15) is 0 Å². The molecule has 0 saturated heterocycles. The summed E-state index contributed by atoms with van der Waals surface area (Å²) in [6.07, 6.45) is 4.45. The van der Waals surface area contributed by atoms with E-state index in [2.05, 4.69) is 5.32 Å². The Morgan fingerprint density at radius 2 is 2.00 bits per heavy atom. The van der Waals surface area contributed by atoms with E-state index < -0.39 is 9.84 Å². The molecular formula is C11H20N2O3S. The molecule has 0 heterocycles. The van der Waals surface area contributed by atoms with Crippen LogP contribution in [-0.4, -0.2) is 38.9 Å². The van der Waals surface area contributed by atoms with E-state index in [9.17, 15) is 13.2 Å². The zero-order chi connectivity index (χ0) is 12.6. The van der Waals surface area contributed by atoms with Gasteiger partial charge in [0.15, 0.2) is 0 Å². The van der Waals surface area contributed by atoms with Gasteiger partial charge in [0.2, 0.25) is 5.91 Å². The molecule has 17 heavy (non-hydrogen) atoms. The topological polar surface area (TPSA) is 89.3 Å². The van der Waals surface area contributed by atoms with Gasteiger partial charge in [0, 0.05) is 18.8 Å². The van der Waals surface area contributed by atoms with E-state index >= 15 is 0 Å². The molecule has 4 unspecified atom stereocenters. The van der Waals surface area contributed by atoms with Gasteiger partial charge in [-0.05, 0) is 31.1 Å². The third-order valence-corrected chi connectivity index (χ3v) is 5.00. The molecule has 5 nitrogen and oxygen atoms in total. The van der Waals surface area contributed by atoms with Crippen LogP contribution >= 0.6 is 0 Å². The highest BCUT2D eigenvalue weighted by molar-refractivity contribution is 7.90. The number of fused-ring (bicyclic) bond motifs is 2. The predicted octanol–water partition coefficient (Wildman–Crippen LogP) is -0.479. The molecule has 0 aromatic rings. The minimum atomic E-state index is -3.01. The second-order valence-electron chi connectivity index (χ2n) is 5.36. The molecule has 0 aromatic carbocycles. The summed E-state index contributed by atoms with van der Waals surface area (Å²) < 4.78 is 21.9. The Bertz CT molecular complexity index is 405. The van der Waals surface area contributed by atoms with Crippen LogP contribution < -0.4 is 11.1 Å². The van der Waals surface area contributed by atoms with Crippen molar-refractivity contribution in [1.29, 1.82) is 0 Å². The smallest absolute Gasteiger partial charge is 0.224 e. The highest BCUT2D eigenvalue weighted by Gasteiger charge is 2.48. The summed E-state index contributed by atoms with van der Waals surface area (Å²) in [7, 11) is -3.01. The SMILES string of the molecule is CS(=O)(=O)CCNC(=O)C1C2CCC(C2)C1N. The molecule has 0 aliphatic heterocycles. The summed E-state index contributed by atoms with van der Waals surface area (Å²) >= 11 is 0. The van der Waals surface area contributed by atoms with Crippen molar-refractivity contribution in [2.45, 2.75) is 25.3 Å². The Labute approximate surface area is 102 Å². The Kier molecular flexibility index (Phi) is 3.45. The van der Waals surface area contributed by atoms with E-state index in [-0.39, 0.29) is 30.2 Å². The van der Waals surface area contributed by atoms with E-state index in [1.165, 1.54) is 6.26 Å². The zero-order valence-corrected chi connectivity index (χ0v) is 10.9. The summed E-state index contributed by atoms with van der Waals surface area (Å²) in [6.45, 7) is 0.193. The maximum Gasteiger partial charge on any atom is 0.224 e. The van der Waals surface area contributed by atoms with Crippen molar-refractivity contribution in [3.05, 3.63) is 0 Å². The minimum absolute atomic E-state index is 0.00517. The van der Waals surface area contributed by atoms with Crippen LogP contribution in [0.15, 0.2) is 0 Å². The van der Waals surface area contributed by atoms with E-state index in [0.717, 1.165) is 19.3 Å². The van der Waals surface area contributed by atoms with Gasteiger partial charge in [0.25, 0.3) is 0 Å². The maximum absolute atomic E-state index is 11.9. The van der Waals surface area contributed by atoms with Crippen LogP contribution in [0.4, 0.5) is 0 Å². The number of nitrogens with one attached hydrogen (secondary N) is 1. The van der Waals surface area contributed by atoms with Crippen LogP contribution in [0.3, 0.4) is 0 Å². The minimum Gasteiger partial charge on any atom is -0.355 e. The second-order valence-corrected chi connectivity index (χ2v) is 7.62. The van der Waals surface area contributed by atoms with Gasteiger partial charge in [-0.15, -0.1) is 0 Å². The maximum atomic E-state index is 11.9. The van der Waals surface area contributed by atoms with E-state index in [1.54, 1.807) is 0 Å². The molecule has 2 fully saturated rings. The first-order chi connectivity index (χ1) is 7.88. The van der Waals surface area contributed by atoms with Crippen molar-refractivity contribution in [1.82, 2.24) is 5.32 Å². The number of carbonyl (C=O) groups excluding carboxylic acids is 1. The zero-order valence-electron chi connectivity index (χ0n) is 10.1. The molecule has 0 spiro atoms. The Morgan fingerprint density at radius 3 is 2.53 bits per heavy atom. The molecule has 2 bridgehead atoms. The third kappa shape index (κ3) is 2.80. The summed E-state index contributed by atoms with van der Waals surface area (Å²) in [5.41, 5.74) is 6.04. The van der Waals surface area contributed by atoms with Crippen LogP contribution in [-0.2, 0) is 14.6 Å². The van der Waals surface area contributed by atoms with Gasteiger partial charge in [-0.1, -0.05) is 0 Å². The molecule has 2 saturated carbocycles. The first-order valence-corrected chi connectivity index (χ1v) is 8.15. The van der Waals surface area contributed by atoms with Crippen molar-refractivity contribution >= 4 is 15.7 Å². The van der Waals surface area contributed by atoms with Crippen molar-refractivity contribution in [3.8, 4) is 0 Å². The molecule has 0 aromatic heterocycles. The summed E-state index contributed by atoms with van der Waals surface area (Å²) in [6, 6.07) is -0.0352. The fraction of sp³-hybridized carbons (Fsp3) is 0.909. The van der Waals surface area contributed by atoms with Crippen LogP contribution in [0.2, 0.25) is 0 Å². The van der Waals surface area contributed by atoms with Crippen LogP contribution in [0.5, 0.6) is 0 Å². The fourth-order valence-electron chi connectivity index (χ4n) is 3.20. The lowest BCUT2D eigenvalue weighted by Gasteiger charge is -2.26. The van der Waals surface area contributed by atoms with Crippen molar-refractivity contribution in [3.63, 3.8) is 0 Å². The summed E-state index contributed by atoms with van der Waals surface area (Å²) in [5, 5.41) is 2.70. The monoisotopic (exact) mass is 260 g/mol. The molecule has 1 amide bonds. The van der Waals surface area contributed by atoms with Crippen molar-refractivity contribution in [2.24, 2.45) is 23.5 Å². The van der Waals surface area contributed by atoms with Gasteiger partial charge >= 0.3 is 0 Å².